The molecule has 7 nitrogen and oxygen atoms in total. The van der Waals surface area contributed by atoms with Crippen LogP contribution in [0, 0.1) is 10.1 Å². The molecule has 2 N–H and O–H groups in total. The molecule has 7 heteroatoms. The van der Waals surface area contributed by atoms with Crippen LogP contribution in [0.4, 0.5) is 5.69 Å². The summed E-state index contributed by atoms with van der Waals surface area (Å²) in [5, 5.41) is 23.0. The minimum atomic E-state index is -0.649. The Balaban J connectivity index is 2.36. The Morgan fingerprint density at radius 3 is 2.78 bits per heavy atom. The first kappa shape index (κ1) is 14.3. The maximum Gasteiger partial charge on any atom is 0.287 e. The number of rotatable bonds is 7. The average molecular weight is 255 g/mol. The highest BCUT2D eigenvalue weighted by atomic mass is 16.6. The Labute approximate surface area is 105 Å². The van der Waals surface area contributed by atoms with Gasteiger partial charge < -0.3 is 15.2 Å². The van der Waals surface area contributed by atoms with E-state index in [1.807, 2.05) is 13.8 Å². The summed E-state index contributed by atoms with van der Waals surface area (Å²) in [7, 11) is 0. The molecule has 0 aliphatic carbocycles. The Bertz CT molecular complexity index is 380. The minimum Gasteiger partial charge on any atom is -0.475 e. The lowest BCUT2D eigenvalue weighted by Crippen LogP contribution is -2.35. The van der Waals surface area contributed by atoms with E-state index in [0.717, 1.165) is 6.20 Å². The molecule has 0 amide bonds. The summed E-state index contributed by atoms with van der Waals surface area (Å²) in [5.41, 5.74) is -0.0932. The van der Waals surface area contributed by atoms with E-state index in [0.29, 0.717) is 6.54 Å². The van der Waals surface area contributed by atoms with Crippen molar-refractivity contribution in [2.24, 2.45) is 0 Å². The Kier molecular flexibility index (Phi) is 5.47. The van der Waals surface area contributed by atoms with Gasteiger partial charge in [0.05, 0.1) is 4.92 Å². The van der Waals surface area contributed by atoms with E-state index in [4.69, 9.17) is 4.74 Å². The number of pyridine rings is 1. The van der Waals surface area contributed by atoms with Gasteiger partial charge in [0.25, 0.3) is 5.69 Å². The van der Waals surface area contributed by atoms with Gasteiger partial charge in [-0.2, -0.15) is 0 Å². The number of hydrogen-bond acceptors (Lipinski definition) is 6. The fourth-order valence-electron chi connectivity index (χ4n) is 1.18. The van der Waals surface area contributed by atoms with Crippen LogP contribution in [-0.2, 0) is 0 Å². The molecule has 100 valence electrons. The molecule has 0 aliphatic rings. The van der Waals surface area contributed by atoms with Crippen LogP contribution in [0.2, 0.25) is 0 Å². The number of nitrogens with one attached hydrogen (secondary N) is 1. The number of nitrogens with zero attached hydrogens (tertiary/aromatic N) is 2. The molecule has 1 heterocycles. The number of hydrogen-bond donors (Lipinski definition) is 2. The van der Waals surface area contributed by atoms with Gasteiger partial charge in [-0.1, -0.05) is 13.8 Å². The minimum absolute atomic E-state index is 0.0878. The smallest absolute Gasteiger partial charge is 0.287 e. The summed E-state index contributed by atoms with van der Waals surface area (Å²) in [6.07, 6.45) is 0.470. The first-order valence-electron chi connectivity index (χ1n) is 5.63. The van der Waals surface area contributed by atoms with Crippen molar-refractivity contribution in [2.75, 3.05) is 13.2 Å². The molecule has 1 unspecified atom stereocenters. The normalized spacial score (nSPS) is 12.4. The van der Waals surface area contributed by atoms with Gasteiger partial charge in [0, 0.05) is 24.7 Å². The zero-order valence-corrected chi connectivity index (χ0v) is 10.4. The molecule has 0 bridgehead atoms. The number of aliphatic hydroxyl groups excluding tert-OH is 1. The molecule has 1 rings (SSSR count). The van der Waals surface area contributed by atoms with Crippen LogP contribution in [0.3, 0.4) is 0 Å². The van der Waals surface area contributed by atoms with Gasteiger partial charge in [-0.3, -0.25) is 10.1 Å². The van der Waals surface area contributed by atoms with E-state index in [2.05, 4.69) is 10.3 Å². The number of ether oxygens (including phenoxy) is 1. The molecular weight excluding hydrogens is 238 g/mol. The van der Waals surface area contributed by atoms with Crippen molar-refractivity contribution in [3.63, 3.8) is 0 Å². The van der Waals surface area contributed by atoms with Crippen LogP contribution in [-0.4, -0.2) is 40.3 Å². The summed E-state index contributed by atoms with van der Waals surface area (Å²) in [6, 6.07) is 3.00. The highest BCUT2D eigenvalue weighted by Crippen LogP contribution is 2.13. The molecule has 0 aliphatic heterocycles. The topological polar surface area (TPSA) is 97.5 Å². The Morgan fingerprint density at radius 1 is 1.56 bits per heavy atom. The molecule has 0 aromatic carbocycles. The second-order valence-corrected chi connectivity index (χ2v) is 4.14. The van der Waals surface area contributed by atoms with Gasteiger partial charge in [0.2, 0.25) is 5.88 Å². The molecule has 1 atom stereocenters. The van der Waals surface area contributed by atoms with Gasteiger partial charge in [0.1, 0.15) is 18.9 Å². The van der Waals surface area contributed by atoms with E-state index >= 15 is 0 Å². The molecule has 18 heavy (non-hydrogen) atoms. The van der Waals surface area contributed by atoms with Crippen molar-refractivity contribution in [3.05, 3.63) is 28.4 Å². The van der Waals surface area contributed by atoms with Crippen LogP contribution < -0.4 is 10.1 Å². The largest absolute Gasteiger partial charge is 0.475 e. The van der Waals surface area contributed by atoms with Crippen molar-refractivity contribution in [1.29, 1.82) is 0 Å². The van der Waals surface area contributed by atoms with Crippen molar-refractivity contribution in [2.45, 2.75) is 26.0 Å². The summed E-state index contributed by atoms with van der Waals surface area (Å²) in [6.45, 7) is 4.46. The van der Waals surface area contributed by atoms with E-state index in [9.17, 15) is 15.2 Å². The first-order chi connectivity index (χ1) is 8.49. The van der Waals surface area contributed by atoms with Crippen LogP contribution in [0.5, 0.6) is 5.88 Å². The van der Waals surface area contributed by atoms with Gasteiger partial charge in [0.15, 0.2) is 0 Å². The Morgan fingerprint density at radius 2 is 2.28 bits per heavy atom. The SMILES string of the molecule is CC(C)NCC(O)COc1ccc([N+](=O)[O-])cn1. The third-order valence-corrected chi connectivity index (χ3v) is 2.12. The predicted octanol–water partition coefficient (Wildman–Crippen LogP) is 0.727. The van der Waals surface area contributed by atoms with Crippen LogP contribution in [0.25, 0.3) is 0 Å². The molecule has 0 saturated heterocycles. The van der Waals surface area contributed by atoms with Crippen molar-refractivity contribution < 1.29 is 14.8 Å². The molecule has 0 spiro atoms. The zero-order valence-electron chi connectivity index (χ0n) is 10.4. The lowest BCUT2D eigenvalue weighted by molar-refractivity contribution is -0.385. The fourth-order valence-corrected chi connectivity index (χ4v) is 1.18. The van der Waals surface area contributed by atoms with E-state index in [1.54, 1.807) is 0 Å². The highest BCUT2D eigenvalue weighted by molar-refractivity contribution is 5.28. The van der Waals surface area contributed by atoms with E-state index in [-0.39, 0.29) is 24.2 Å². The zero-order chi connectivity index (χ0) is 13.5. The fraction of sp³-hybridized carbons (Fsp3) is 0.545. The van der Waals surface area contributed by atoms with Gasteiger partial charge in [-0.15, -0.1) is 0 Å². The Hall–Kier alpha value is -1.73. The molecule has 0 fully saturated rings. The lowest BCUT2D eigenvalue weighted by atomic mass is 10.3. The number of nitro groups is 1. The van der Waals surface area contributed by atoms with Gasteiger partial charge >= 0.3 is 0 Å². The van der Waals surface area contributed by atoms with Crippen LogP contribution in [0.1, 0.15) is 13.8 Å². The summed E-state index contributed by atoms with van der Waals surface area (Å²) >= 11 is 0. The third kappa shape index (κ3) is 5.07. The van der Waals surface area contributed by atoms with Gasteiger partial charge in [-0.05, 0) is 0 Å². The second kappa shape index (κ2) is 6.87. The predicted molar refractivity (Wildman–Crippen MR) is 65.5 cm³/mol. The van der Waals surface area contributed by atoms with Gasteiger partial charge in [-0.25, -0.2) is 4.98 Å². The molecular formula is C11H17N3O4. The van der Waals surface area contributed by atoms with Crippen LogP contribution >= 0.6 is 0 Å². The average Bonchev–Trinajstić information content (AvgIpc) is 2.34. The first-order valence-corrected chi connectivity index (χ1v) is 5.63. The van der Waals surface area contributed by atoms with Crippen LogP contribution in [0.15, 0.2) is 18.3 Å². The monoisotopic (exact) mass is 255 g/mol. The third-order valence-electron chi connectivity index (χ3n) is 2.12. The number of aliphatic hydroxyl groups is 1. The standard InChI is InChI=1S/C11H17N3O4/c1-8(2)12-6-10(15)7-18-11-4-3-9(5-13-11)14(16)17/h3-5,8,10,12,15H,6-7H2,1-2H3. The van der Waals surface area contributed by atoms with Crippen molar-refractivity contribution in [3.8, 4) is 5.88 Å². The lowest BCUT2D eigenvalue weighted by Gasteiger charge is -2.14. The van der Waals surface area contributed by atoms with E-state index < -0.39 is 11.0 Å². The molecule has 1 aromatic heterocycles. The molecule has 0 saturated carbocycles. The molecule has 1 aromatic rings. The van der Waals surface area contributed by atoms with E-state index in [1.165, 1.54) is 12.1 Å². The molecule has 0 radical (unpaired) electrons. The second-order valence-electron chi connectivity index (χ2n) is 4.14. The maximum absolute atomic E-state index is 10.4. The highest BCUT2D eigenvalue weighted by Gasteiger charge is 2.08. The maximum atomic E-state index is 10.4. The quantitative estimate of drug-likeness (QED) is 0.550. The number of aromatic nitrogens is 1. The van der Waals surface area contributed by atoms with Crippen molar-refractivity contribution in [1.82, 2.24) is 10.3 Å². The summed E-state index contributed by atoms with van der Waals surface area (Å²) in [4.78, 5) is 13.6. The summed E-state index contributed by atoms with van der Waals surface area (Å²) in [5.74, 6) is 0.254. The van der Waals surface area contributed by atoms with Crippen molar-refractivity contribution >= 4 is 5.69 Å². The summed E-state index contributed by atoms with van der Waals surface area (Å²) < 4.78 is 5.21.